The molecule has 14 heteroatoms. The van der Waals surface area contributed by atoms with Crippen LogP contribution < -0.4 is 10.6 Å². The summed E-state index contributed by atoms with van der Waals surface area (Å²) in [7, 11) is 0. The van der Waals surface area contributed by atoms with Crippen LogP contribution in [0.4, 0.5) is 27.8 Å². The van der Waals surface area contributed by atoms with Crippen molar-refractivity contribution in [2.24, 2.45) is 4.99 Å². The largest absolute Gasteiger partial charge is 0.408 e. The molecule has 1 aliphatic carbocycles. The van der Waals surface area contributed by atoms with Crippen LogP contribution >= 0.6 is 12.2 Å². The molecule has 0 bridgehead atoms. The summed E-state index contributed by atoms with van der Waals surface area (Å²) in [5, 5.41) is 14.8. The Bertz CT molecular complexity index is 1130. The Balaban J connectivity index is 1.97. The quantitative estimate of drug-likeness (QED) is 0.162. The van der Waals surface area contributed by atoms with E-state index in [1.54, 1.807) is 0 Å². The first-order chi connectivity index (χ1) is 18.7. The SMILES string of the molecule is CC[C@H](Nc1cc(C(F)F)c(C(=S)C(N=C(C)C(=O)N[C@H]2CCC[C@@H]2O)C(=O)N2CCC[C@@H]2C)cn1)C(F)(F)F. The highest BCUT2D eigenvalue weighted by molar-refractivity contribution is 7.81. The van der Waals surface area contributed by atoms with Crippen molar-refractivity contribution in [1.82, 2.24) is 15.2 Å². The van der Waals surface area contributed by atoms with Gasteiger partial charge in [0.15, 0.2) is 6.04 Å². The summed E-state index contributed by atoms with van der Waals surface area (Å²) in [5.41, 5.74) is -1.16. The van der Waals surface area contributed by atoms with Gasteiger partial charge in [0, 0.05) is 29.9 Å². The Morgan fingerprint density at radius 2 is 1.95 bits per heavy atom. The second-order valence-electron chi connectivity index (χ2n) is 10.2. The lowest BCUT2D eigenvalue weighted by Gasteiger charge is -2.27. The highest BCUT2D eigenvalue weighted by Crippen LogP contribution is 2.30. The normalized spacial score (nSPS) is 23.3. The number of pyridine rings is 1. The Hall–Kier alpha value is -2.74. The minimum absolute atomic E-state index is 0.132. The molecular formula is C26H34F5N5O3S. The summed E-state index contributed by atoms with van der Waals surface area (Å²) in [5.74, 6) is -1.63. The fraction of sp³-hybridized carbons (Fsp3) is 0.654. The molecule has 222 valence electrons. The van der Waals surface area contributed by atoms with Crippen molar-refractivity contribution in [3.8, 4) is 0 Å². The van der Waals surface area contributed by atoms with Gasteiger partial charge in [-0.3, -0.25) is 14.6 Å². The lowest BCUT2D eigenvalue weighted by molar-refractivity contribution is -0.143. The zero-order valence-corrected chi connectivity index (χ0v) is 23.3. The molecule has 1 aliphatic heterocycles. The summed E-state index contributed by atoms with van der Waals surface area (Å²) >= 11 is 5.48. The first-order valence-corrected chi connectivity index (χ1v) is 13.6. The first-order valence-electron chi connectivity index (χ1n) is 13.2. The third-order valence-corrected chi connectivity index (χ3v) is 7.77. The number of likely N-dealkylation sites (tertiary alicyclic amines) is 1. The molecule has 1 aromatic heterocycles. The number of halogens is 5. The van der Waals surface area contributed by atoms with Gasteiger partial charge in [-0.1, -0.05) is 19.1 Å². The lowest BCUT2D eigenvalue weighted by Crippen LogP contribution is -2.46. The number of hydrogen-bond acceptors (Lipinski definition) is 7. The molecule has 1 unspecified atom stereocenters. The molecule has 3 N–H and O–H groups in total. The molecule has 0 radical (unpaired) electrons. The standard InChI is InChI=1S/C26H34F5N5O3S/c1-4-19(26(29,30)31)35-20-11-15(23(27)28)16(12-32-20)22(40)21(25(39)36-10-6-7-13(36)2)33-14(3)24(38)34-17-8-5-9-18(17)37/h11-13,17-19,21,23,37H,4-10H2,1-3H3,(H,32,35)(H,34,38)/t13-,17-,18-,19-,21?/m0/s1. The summed E-state index contributed by atoms with van der Waals surface area (Å²) in [4.78, 5) is 35.8. The second-order valence-corrected chi connectivity index (χ2v) is 10.6. The molecule has 8 nitrogen and oxygen atoms in total. The van der Waals surface area contributed by atoms with E-state index < -0.39 is 60.0 Å². The van der Waals surface area contributed by atoms with Crippen molar-refractivity contribution in [2.75, 3.05) is 11.9 Å². The van der Waals surface area contributed by atoms with E-state index in [9.17, 15) is 36.6 Å². The number of aliphatic hydroxyl groups excluding tert-OH is 1. The van der Waals surface area contributed by atoms with E-state index in [0.29, 0.717) is 19.4 Å². The van der Waals surface area contributed by atoms with Gasteiger partial charge in [0.25, 0.3) is 18.2 Å². The molecule has 2 heterocycles. The first kappa shape index (κ1) is 31.8. The number of nitrogens with one attached hydrogen (secondary N) is 2. The van der Waals surface area contributed by atoms with Crippen LogP contribution in [0.25, 0.3) is 0 Å². The molecule has 1 saturated heterocycles. The van der Waals surface area contributed by atoms with Crippen LogP contribution in [0.5, 0.6) is 0 Å². The third kappa shape index (κ3) is 7.50. The van der Waals surface area contributed by atoms with Crippen molar-refractivity contribution in [1.29, 1.82) is 0 Å². The van der Waals surface area contributed by atoms with Crippen LogP contribution in [0, 0.1) is 0 Å². The van der Waals surface area contributed by atoms with Crippen LogP contribution in [-0.4, -0.2) is 80.4 Å². The topological polar surface area (TPSA) is 107 Å². The van der Waals surface area contributed by atoms with Crippen LogP contribution in [0.1, 0.15) is 76.8 Å². The van der Waals surface area contributed by atoms with E-state index in [0.717, 1.165) is 31.5 Å². The molecule has 3 rings (SSSR count). The molecule has 40 heavy (non-hydrogen) atoms. The number of carbonyl (C=O) groups is 2. The number of aromatic nitrogens is 1. The third-order valence-electron chi connectivity index (χ3n) is 7.33. The average molecular weight is 592 g/mol. The number of nitrogens with zero attached hydrogens (tertiary/aromatic N) is 3. The molecule has 2 amide bonds. The van der Waals surface area contributed by atoms with E-state index in [1.807, 2.05) is 6.92 Å². The van der Waals surface area contributed by atoms with Gasteiger partial charge in [-0.15, -0.1) is 0 Å². The molecule has 5 atom stereocenters. The van der Waals surface area contributed by atoms with Gasteiger partial charge in [0.05, 0.1) is 22.7 Å². The van der Waals surface area contributed by atoms with E-state index in [2.05, 4.69) is 20.6 Å². The predicted octanol–water partition coefficient (Wildman–Crippen LogP) is 4.36. The molecule has 1 aromatic rings. The molecule has 1 saturated carbocycles. The Kier molecular flexibility index (Phi) is 10.6. The second kappa shape index (κ2) is 13.3. The zero-order valence-electron chi connectivity index (χ0n) is 22.5. The van der Waals surface area contributed by atoms with E-state index >= 15 is 0 Å². The highest BCUT2D eigenvalue weighted by Gasteiger charge is 2.39. The van der Waals surface area contributed by atoms with Gasteiger partial charge >= 0.3 is 6.18 Å². The van der Waals surface area contributed by atoms with Crippen LogP contribution in [0.15, 0.2) is 17.3 Å². The summed E-state index contributed by atoms with van der Waals surface area (Å²) in [6, 6.07) is -3.38. The molecule has 0 spiro atoms. The van der Waals surface area contributed by atoms with Crippen molar-refractivity contribution >= 4 is 40.4 Å². The van der Waals surface area contributed by atoms with Crippen LogP contribution in [-0.2, 0) is 9.59 Å². The Morgan fingerprint density at radius 1 is 1.25 bits per heavy atom. The fourth-order valence-corrected chi connectivity index (χ4v) is 5.28. The van der Waals surface area contributed by atoms with Gasteiger partial charge in [-0.05, 0) is 58.4 Å². The molecule has 0 aromatic carbocycles. The maximum atomic E-state index is 14.1. The Morgan fingerprint density at radius 3 is 2.48 bits per heavy atom. The summed E-state index contributed by atoms with van der Waals surface area (Å²) in [6.45, 7) is 4.87. The number of thiocarbonyl (C=S) groups is 1. The van der Waals surface area contributed by atoms with E-state index in [-0.39, 0.29) is 28.6 Å². The zero-order chi connectivity index (χ0) is 29.8. The number of rotatable bonds is 10. The number of alkyl halides is 5. The van der Waals surface area contributed by atoms with Crippen LogP contribution in [0.2, 0.25) is 0 Å². The lowest BCUT2D eigenvalue weighted by atomic mass is 10.0. The average Bonchev–Trinajstić information content (AvgIpc) is 3.51. The molecule has 2 fully saturated rings. The smallest absolute Gasteiger partial charge is 0.391 e. The fourth-order valence-electron chi connectivity index (χ4n) is 4.96. The Labute approximate surface area is 234 Å². The van der Waals surface area contributed by atoms with Gasteiger partial charge in [-0.2, -0.15) is 13.2 Å². The van der Waals surface area contributed by atoms with Gasteiger partial charge < -0.3 is 20.6 Å². The van der Waals surface area contributed by atoms with Crippen molar-refractivity contribution in [3.63, 3.8) is 0 Å². The number of anilines is 1. The number of aliphatic hydroxyl groups is 1. The van der Waals surface area contributed by atoms with Crippen molar-refractivity contribution in [2.45, 2.75) is 102 Å². The van der Waals surface area contributed by atoms with Crippen LogP contribution in [0.3, 0.4) is 0 Å². The number of hydrogen-bond donors (Lipinski definition) is 3. The van der Waals surface area contributed by atoms with Crippen molar-refractivity contribution < 1.29 is 36.6 Å². The maximum absolute atomic E-state index is 14.1. The predicted molar refractivity (Wildman–Crippen MR) is 144 cm³/mol. The van der Waals surface area contributed by atoms with Gasteiger partial charge in [-0.25, -0.2) is 13.8 Å². The highest BCUT2D eigenvalue weighted by atomic mass is 32.1. The van der Waals surface area contributed by atoms with Gasteiger partial charge in [0.2, 0.25) is 0 Å². The number of aliphatic imine (C=N–C) groups is 1. The monoisotopic (exact) mass is 591 g/mol. The van der Waals surface area contributed by atoms with Gasteiger partial charge in [0.1, 0.15) is 11.9 Å². The molecular weight excluding hydrogens is 557 g/mol. The number of carbonyl (C=O) groups excluding carboxylic acids is 2. The molecule has 2 aliphatic rings. The summed E-state index contributed by atoms with van der Waals surface area (Å²) < 4.78 is 68.0. The maximum Gasteiger partial charge on any atom is 0.408 e. The minimum Gasteiger partial charge on any atom is -0.391 e. The number of amides is 2. The van der Waals surface area contributed by atoms with E-state index in [4.69, 9.17) is 12.2 Å². The summed E-state index contributed by atoms with van der Waals surface area (Å²) in [6.07, 6.45) is -4.65. The van der Waals surface area contributed by atoms with Crippen molar-refractivity contribution in [3.05, 3.63) is 23.4 Å². The van der Waals surface area contributed by atoms with E-state index in [1.165, 1.54) is 18.7 Å². The minimum atomic E-state index is -4.62.